The minimum absolute atomic E-state index is 0.882. The molecule has 1 aromatic heterocycles. The van der Waals surface area contributed by atoms with E-state index in [9.17, 15) is 0 Å². The Labute approximate surface area is 136 Å². The molecule has 0 radical (unpaired) electrons. The van der Waals surface area contributed by atoms with Gasteiger partial charge in [0.15, 0.2) is 5.82 Å². The lowest BCUT2D eigenvalue weighted by Crippen LogP contribution is -2.04. The molecule has 2 aromatic carbocycles. The van der Waals surface area contributed by atoms with E-state index >= 15 is 0 Å². The SMILES string of the molecule is CC1=Nc2nc(-c3ccccc3)c(-c3ccccc3)cc2CC1. The van der Waals surface area contributed by atoms with E-state index in [4.69, 9.17) is 4.98 Å². The molecule has 0 fully saturated rings. The van der Waals surface area contributed by atoms with Gasteiger partial charge in [0, 0.05) is 16.8 Å². The molecule has 0 atom stereocenters. The first-order valence-electron chi connectivity index (χ1n) is 8.00. The Hall–Kier alpha value is -2.74. The van der Waals surface area contributed by atoms with Crippen LogP contribution in [-0.4, -0.2) is 10.7 Å². The highest BCUT2D eigenvalue weighted by molar-refractivity contribution is 5.89. The molecule has 0 N–H and O–H groups in total. The second kappa shape index (κ2) is 5.81. The second-order valence-electron chi connectivity index (χ2n) is 5.95. The summed E-state index contributed by atoms with van der Waals surface area (Å²) in [6, 6.07) is 23.1. The normalized spacial score (nSPS) is 13.3. The highest BCUT2D eigenvalue weighted by Crippen LogP contribution is 2.36. The Balaban J connectivity index is 1.97. The van der Waals surface area contributed by atoms with Crippen LogP contribution < -0.4 is 0 Å². The molecule has 1 aliphatic heterocycles. The van der Waals surface area contributed by atoms with Crippen LogP contribution in [0.3, 0.4) is 0 Å². The van der Waals surface area contributed by atoms with Gasteiger partial charge in [0.1, 0.15) is 0 Å². The van der Waals surface area contributed by atoms with Crippen LogP contribution >= 0.6 is 0 Å². The van der Waals surface area contributed by atoms with Crippen molar-refractivity contribution in [2.45, 2.75) is 19.8 Å². The number of aromatic nitrogens is 1. The van der Waals surface area contributed by atoms with Crippen molar-refractivity contribution >= 4 is 11.5 Å². The third-order valence-corrected chi connectivity index (χ3v) is 4.26. The number of rotatable bonds is 2. The summed E-state index contributed by atoms with van der Waals surface area (Å²) in [6.45, 7) is 2.08. The largest absolute Gasteiger partial charge is 0.238 e. The van der Waals surface area contributed by atoms with Gasteiger partial charge in [-0.2, -0.15) is 0 Å². The number of hydrogen-bond donors (Lipinski definition) is 0. The van der Waals surface area contributed by atoms with E-state index in [1.165, 1.54) is 16.7 Å². The van der Waals surface area contributed by atoms with Gasteiger partial charge in [-0.1, -0.05) is 60.7 Å². The standard InChI is InChI=1S/C21H18N2/c1-15-12-13-18-14-19(16-8-4-2-5-9-16)20(23-21(18)22-15)17-10-6-3-7-11-17/h2-11,14H,12-13H2,1H3. The van der Waals surface area contributed by atoms with Gasteiger partial charge in [0.2, 0.25) is 0 Å². The van der Waals surface area contributed by atoms with Crippen LogP contribution in [-0.2, 0) is 6.42 Å². The molecule has 112 valence electrons. The summed E-state index contributed by atoms with van der Waals surface area (Å²) in [5, 5.41) is 0. The predicted molar refractivity (Wildman–Crippen MR) is 96.2 cm³/mol. The van der Waals surface area contributed by atoms with Gasteiger partial charge in [0.25, 0.3) is 0 Å². The summed E-state index contributed by atoms with van der Waals surface area (Å²) in [7, 11) is 0. The summed E-state index contributed by atoms with van der Waals surface area (Å²) in [4.78, 5) is 9.60. The van der Waals surface area contributed by atoms with Crippen LogP contribution in [0, 0.1) is 0 Å². The molecule has 2 heteroatoms. The molecule has 3 aromatic rings. The topological polar surface area (TPSA) is 25.2 Å². The van der Waals surface area contributed by atoms with Crippen LogP contribution in [0.5, 0.6) is 0 Å². The van der Waals surface area contributed by atoms with E-state index in [0.29, 0.717) is 0 Å². The van der Waals surface area contributed by atoms with Crippen molar-refractivity contribution in [1.82, 2.24) is 4.98 Å². The van der Waals surface area contributed by atoms with Gasteiger partial charge >= 0.3 is 0 Å². The first kappa shape index (κ1) is 13.9. The maximum atomic E-state index is 4.92. The molecule has 0 saturated heterocycles. The lowest BCUT2D eigenvalue weighted by Gasteiger charge is -2.17. The van der Waals surface area contributed by atoms with Crippen LogP contribution in [0.1, 0.15) is 18.9 Å². The quantitative estimate of drug-likeness (QED) is 0.617. The van der Waals surface area contributed by atoms with Gasteiger partial charge in [-0.3, -0.25) is 0 Å². The van der Waals surface area contributed by atoms with E-state index < -0.39 is 0 Å². The molecule has 0 bridgehead atoms. The maximum absolute atomic E-state index is 4.92. The molecule has 23 heavy (non-hydrogen) atoms. The average molecular weight is 298 g/mol. The summed E-state index contributed by atoms with van der Waals surface area (Å²) < 4.78 is 0. The Morgan fingerprint density at radius 3 is 2.13 bits per heavy atom. The highest BCUT2D eigenvalue weighted by Gasteiger charge is 2.17. The van der Waals surface area contributed by atoms with Gasteiger partial charge in [-0.15, -0.1) is 0 Å². The van der Waals surface area contributed by atoms with Crippen LogP contribution in [0.4, 0.5) is 5.82 Å². The molecular formula is C21H18N2. The molecule has 4 rings (SSSR count). The molecule has 0 saturated carbocycles. The van der Waals surface area contributed by atoms with Crippen molar-refractivity contribution in [2.24, 2.45) is 4.99 Å². The monoisotopic (exact) mass is 298 g/mol. The minimum Gasteiger partial charge on any atom is -0.238 e. The summed E-state index contributed by atoms with van der Waals surface area (Å²) in [6.07, 6.45) is 2.04. The number of aliphatic imine (C=N–C) groups is 1. The molecular weight excluding hydrogens is 280 g/mol. The van der Waals surface area contributed by atoms with Crippen molar-refractivity contribution in [3.05, 3.63) is 72.3 Å². The minimum atomic E-state index is 0.882. The highest BCUT2D eigenvalue weighted by atomic mass is 14.9. The zero-order valence-corrected chi connectivity index (χ0v) is 13.2. The summed E-state index contributed by atoms with van der Waals surface area (Å²) in [5.74, 6) is 0.882. The zero-order valence-electron chi connectivity index (χ0n) is 13.2. The Morgan fingerprint density at radius 1 is 0.783 bits per heavy atom. The van der Waals surface area contributed by atoms with Gasteiger partial charge < -0.3 is 0 Å². The molecule has 1 aliphatic rings. The van der Waals surface area contributed by atoms with E-state index in [1.807, 2.05) is 12.1 Å². The number of nitrogens with zero attached hydrogens (tertiary/aromatic N) is 2. The first-order chi connectivity index (χ1) is 11.3. The second-order valence-corrected chi connectivity index (χ2v) is 5.95. The molecule has 0 aliphatic carbocycles. The lowest BCUT2D eigenvalue weighted by molar-refractivity contribution is 0.980. The van der Waals surface area contributed by atoms with Crippen molar-refractivity contribution in [3.63, 3.8) is 0 Å². The lowest BCUT2D eigenvalue weighted by atomic mass is 9.95. The van der Waals surface area contributed by atoms with Gasteiger partial charge in [-0.05, 0) is 37.0 Å². The maximum Gasteiger partial charge on any atom is 0.155 e. The molecule has 0 spiro atoms. The Bertz CT molecular complexity index is 865. The van der Waals surface area contributed by atoms with E-state index in [0.717, 1.165) is 35.6 Å². The van der Waals surface area contributed by atoms with E-state index in [2.05, 4.69) is 66.5 Å². The number of pyridine rings is 1. The van der Waals surface area contributed by atoms with E-state index in [-0.39, 0.29) is 0 Å². The Kier molecular flexibility index (Phi) is 3.51. The van der Waals surface area contributed by atoms with E-state index in [1.54, 1.807) is 0 Å². The fourth-order valence-corrected chi connectivity index (χ4v) is 3.03. The number of aryl methyl sites for hydroxylation is 1. The number of hydrogen-bond acceptors (Lipinski definition) is 2. The average Bonchev–Trinajstić information content (AvgIpc) is 2.62. The molecule has 0 amide bonds. The van der Waals surface area contributed by atoms with Crippen LogP contribution in [0.2, 0.25) is 0 Å². The van der Waals surface area contributed by atoms with Crippen LogP contribution in [0.25, 0.3) is 22.4 Å². The fraction of sp³-hybridized carbons (Fsp3) is 0.143. The number of benzene rings is 2. The zero-order chi connectivity index (χ0) is 15.6. The first-order valence-corrected chi connectivity index (χ1v) is 8.00. The van der Waals surface area contributed by atoms with Crippen LogP contribution in [0.15, 0.2) is 71.7 Å². The molecule has 0 unspecified atom stereocenters. The fourth-order valence-electron chi connectivity index (χ4n) is 3.03. The third-order valence-electron chi connectivity index (χ3n) is 4.26. The molecule has 2 nitrogen and oxygen atoms in total. The smallest absolute Gasteiger partial charge is 0.155 e. The van der Waals surface area contributed by atoms with Crippen molar-refractivity contribution < 1.29 is 0 Å². The van der Waals surface area contributed by atoms with Crippen molar-refractivity contribution in [3.8, 4) is 22.4 Å². The van der Waals surface area contributed by atoms with Gasteiger partial charge in [-0.25, -0.2) is 9.98 Å². The van der Waals surface area contributed by atoms with Crippen molar-refractivity contribution in [2.75, 3.05) is 0 Å². The van der Waals surface area contributed by atoms with Crippen molar-refractivity contribution in [1.29, 1.82) is 0 Å². The third kappa shape index (κ3) is 2.68. The summed E-state index contributed by atoms with van der Waals surface area (Å²) >= 11 is 0. The predicted octanol–water partition coefficient (Wildman–Crippen LogP) is 5.45. The number of fused-ring (bicyclic) bond motifs is 1. The molecule has 2 heterocycles. The Morgan fingerprint density at radius 2 is 1.43 bits per heavy atom. The summed E-state index contributed by atoms with van der Waals surface area (Å²) in [5.41, 5.74) is 6.94. The van der Waals surface area contributed by atoms with Gasteiger partial charge in [0.05, 0.1) is 5.69 Å².